The lowest BCUT2D eigenvalue weighted by Gasteiger charge is -2.08. The number of hydrogen-bond acceptors (Lipinski definition) is 0. The number of rotatable bonds is 3. The molecule has 0 saturated heterocycles. The van der Waals surface area contributed by atoms with Gasteiger partial charge in [-0.2, -0.15) is 4.58 Å². The average Bonchev–Trinajstić information content (AvgIpc) is 2.46. The molecular weight excluding hydrogens is 230 g/mol. The number of para-hydroxylation sites is 1. The molecular formula is C18H22N+. The molecule has 0 atom stereocenters. The van der Waals surface area contributed by atoms with Crippen molar-refractivity contribution in [2.24, 2.45) is 0 Å². The Bertz CT molecular complexity index is 609. The van der Waals surface area contributed by atoms with Crippen molar-refractivity contribution in [3.63, 3.8) is 0 Å². The monoisotopic (exact) mass is 252 g/mol. The van der Waals surface area contributed by atoms with Gasteiger partial charge in [0.25, 0.3) is 0 Å². The van der Waals surface area contributed by atoms with Crippen LogP contribution in [-0.2, 0) is 6.42 Å². The van der Waals surface area contributed by atoms with Gasteiger partial charge in [-0.05, 0) is 25.0 Å². The van der Waals surface area contributed by atoms with Crippen molar-refractivity contribution in [1.82, 2.24) is 0 Å². The average molecular weight is 252 g/mol. The Morgan fingerprint density at radius 2 is 1.63 bits per heavy atom. The third-order valence-corrected chi connectivity index (χ3v) is 3.77. The van der Waals surface area contributed by atoms with E-state index >= 15 is 0 Å². The smallest absolute Gasteiger partial charge is 0.198 e. The van der Waals surface area contributed by atoms with Gasteiger partial charge in [0.2, 0.25) is 5.69 Å². The first-order valence-corrected chi connectivity index (χ1v) is 6.86. The van der Waals surface area contributed by atoms with Crippen molar-refractivity contribution in [1.29, 1.82) is 0 Å². The third kappa shape index (κ3) is 2.76. The van der Waals surface area contributed by atoms with Gasteiger partial charge in [0.15, 0.2) is 5.71 Å². The van der Waals surface area contributed by atoms with Gasteiger partial charge in [-0.1, -0.05) is 43.3 Å². The summed E-state index contributed by atoms with van der Waals surface area (Å²) in [6, 6.07) is 17.2. The molecule has 1 nitrogen and oxygen atoms in total. The number of aryl methyl sites for hydroxylation is 2. The minimum Gasteiger partial charge on any atom is -0.198 e. The Morgan fingerprint density at radius 3 is 2.32 bits per heavy atom. The maximum absolute atomic E-state index is 2.29. The highest BCUT2D eigenvalue weighted by molar-refractivity contribution is 5.96. The molecule has 0 radical (unpaired) electrons. The van der Waals surface area contributed by atoms with Gasteiger partial charge in [-0.15, -0.1) is 0 Å². The lowest BCUT2D eigenvalue weighted by Crippen LogP contribution is -2.13. The fraction of sp³-hybridized carbons (Fsp3) is 0.278. The number of nitrogens with zero attached hydrogens (tertiary/aromatic N) is 1. The third-order valence-electron chi connectivity index (χ3n) is 3.77. The summed E-state index contributed by atoms with van der Waals surface area (Å²) in [6.07, 6.45) is 1.06. The predicted octanol–water partition coefficient (Wildman–Crippen LogP) is 4.34. The van der Waals surface area contributed by atoms with Gasteiger partial charge in [0.1, 0.15) is 7.05 Å². The maximum atomic E-state index is 2.29. The summed E-state index contributed by atoms with van der Waals surface area (Å²) in [5.41, 5.74) is 6.61. The molecule has 0 aliphatic rings. The Morgan fingerprint density at radius 1 is 1.00 bits per heavy atom. The van der Waals surface area contributed by atoms with E-state index in [1.807, 2.05) is 0 Å². The van der Waals surface area contributed by atoms with Crippen molar-refractivity contribution < 1.29 is 4.58 Å². The molecule has 0 unspecified atom stereocenters. The molecule has 2 aromatic rings. The Kier molecular flexibility index (Phi) is 4.16. The Labute approximate surface area is 116 Å². The molecule has 0 aromatic heterocycles. The molecule has 0 saturated carbocycles. The summed E-state index contributed by atoms with van der Waals surface area (Å²) in [6.45, 7) is 6.56. The highest BCUT2D eigenvalue weighted by Crippen LogP contribution is 2.20. The first-order chi connectivity index (χ1) is 9.15. The van der Waals surface area contributed by atoms with Crippen LogP contribution in [0.3, 0.4) is 0 Å². The molecule has 0 bridgehead atoms. The fourth-order valence-corrected chi connectivity index (χ4v) is 2.48. The summed E-state index contributed by atoms with van der Waals surface area (Å²) in [4.78, 5) is 0. The zero-order valence-electron chi connectivity index (χ0n) is 12.3. The largest absolute Gasteiger partial charge is 0.208 e. The van der Waals surface area contributed by atoms with E-state index in [1.165, 1.54) is 28.1 Å². The highest BCUT2D eigenvalue weighted by atomic mass is 15.0. The number of hydrogen-bond donors (Lipinski definition) is 0. The van der Waals surface area contributed by atoms with Crippen LogP contribution < -0.4 is 0 Å². The van der Waals surface area contributed by atoms with E-state index < -0.39 is 0 Å². The Balaban J connectivity index is 2.55. The van der Waals surface area contributed by atoms with Crippen molar-refractivity contribution in [3.8, 4) is 0 Å². The molecule has 0 aliphatic carbocycles. The van der Waals surface area contributed by atoms with E-state index in [1.54, 1.807) is 0 Å². The van der Waals surface area contributed by atoms with Crippen LogP contribution in [0.4, 0.5) is 5.69 Å². The molecule has 0 N–H and O–H groups in total. The molecule has 19 heavy (non-hydrogen) atoms. The molecule has 98 valence electrons. The van der Waals surface area contributed by atoms with Gasteiger partial charge >= 0.3 is 0 Å². The SMILES string of the molecule is CCc1ccccc1[N+](C)=C(C)c1ccccc1C. The van der Waals surface area contributed by atoms with E-state index in [0.717, 1.165) is 6.42 Å². The van der Waals surface area contributed by atoms with Crippen molar-refractivity contribution in [2.45, 2.75) is 27.2 Å². The van der Waals surface area contributed by atoms with Gasteiger partial charge in [-0.3, -0.25) is 0 Å². The van der Waals surface area contributed by atoms with Gasteiger partial charge in [-0.25, -0.2) is 0 Å². The fourth-order valence-electron chi connectivity index (χ4n) is 2.48. The quantitative estimate of drug-likeness (QED) is 0.564. The van der Waals surface area contributed by atoms with Gasteiger partial charge in [0, 0.05) is 24.1 Å². The molecule has 2 rings (SSSR count). The minimum absolute atomic E-state index is 1.06. The molecule has 0 spiro atoms. The van der Waals surface area contributed by atoms with Crippen LogP contribution in [0.5, 0.6) is 0 Å². The normalized spacial score (nSPS) is 12.2. The molecule has 1 heteroatoms. The van der Waals surface area contributed by atoms with Crippen LogP contribution in [0.25, 0.3) is 0 Å². The van der Waals surface area contributed by atoms with Crippen LogP contribution in [0.15, 0.2) is 48.5 Å². The van der Waals surface area contributed by atoms with E-state index in [-0.39, 0.29) is 0 Å². The zero-order valence-corrected chi connectivity index (χ0v) is 12.3. The zero-order chi connectivity index (χ0) is 13.8. The molecule has 0 heterocycles. The highest BCUT2D eigenvalue weighted by Gasteiger charge is 2.15. The first-order valence-electron chi connectivity index (χ1n) is 6.86. The second-order valence-corrected chi connectivity index (χ2v) is 4.94. The lowest BCUT2D eigenvalue weighted by atomic mass is 10.0. The summed E-state index contributed by atoms with van der Waals surface area (Å²) < 4.78 is 2.29. The predicted molar refractivity (Wildman–Crippen MR) is 82.6 cm³/mol. The summed E-state index contributed by atoms with van der Waals surface area (Å²) in [7, 11) is 2.15. The van der Waals surface area contributed by atoms with Crippen LogP contribution in [-0.4, -0.2) is 17.3 Å². The standard InChI is InChI=1S/C18H22N/c1-5-16-11-7-9-13-18(16)19(4)15(3)17-12-8-6-10-14(17)2/h6-13H,5H2,1-4H3/q+1. The maximum Gasteiger partial charge on any atom is 0.208 e. The van der Waals surface area contributed by atoms with Crippen LogP contribution in [0, 0.1) is 6.92 Å². The van der Waals surface area contributed by atoms with Crippen LogP contribution in [0.1, 0.15) is 30.5 Å². The van der Waals surface area contributed by atoms with E-state index in [2.05, 4.69) is 80.9 Å². The first kappa shape index (κ1) is 13.5. The van der Waals surface area contributed by atoms with E-state index in [0.29, 0.717) is 0 Å². The van der Waals surface area contributed by atoms with Crippen LogP contribution >= 0.6 is 0 Å². The van der Waals surface area contributed by atoms with E-state index in [9.17, 15) is 0 Å². The summed E-state index contributed by atoms with van der Waals surface area (Å²) in [5.74, 6) is 0. The molecule has 2 aromatic carbocycles. The van der Waals surface area contributed by atoms with E-state index in [4.69, 9.17) is 0 Å². The second-order valence-electron chi connectivity index (χ2n) is 4.94. The second kappa shape index (κ2) is 5.83. The van der Waals surface area contributed by atoms with Crippen molar-refractivity contribution >= 4 is 11.4 Å². The summed E-state index contributed by atoms with van der Waals surface area (Å²) in [5, 5.41) is 0. The molecule has 0 aliphatic heterocycles. The molecule has 0 amide bonds. The van der Waals surface area contributed by atoms with Crippen molar-refractivity contribution in [3.05, 3.63) is 65.2 Å². The number of benzene rings is 2. The lowest BCUT2D eigenvalue weighted by molar-refractivity contribution is -0.405. The topological polar surface area (TPSA) is 3.01 Å². The summed E-state index contributed by atoms with van der Waals surface area (Å²) >= 11 is 0. The van der Waals surface area contributed by atoms with Crippen LogP contribution in [0.2, 0.25) is 0 Å². The molecule has 0 fully saturated rings. The van der Waals surface area contributed by atoms with Gasteiger partial charge < -0.3 is 0 Å². The van der Waals surface area contributed by atoms with Crippen molar-refractivity contribution in [2.75, 3.05) is 7.05 Å². The minimum atomic E-state index is 1.06. The van der Waals surface area contributed by atoms with Gasteiger partial charge in [0.05, 0.1) is 0 Å². The Hall–Kier alpha value is -1.89.